The maximum absolute atomic E-state index is 12.7. The van der Waals surface area contributed by atoms with E-state index in [1.807, 2.05) is 0 Å². The van der Waals surface area contributed by atoms with Gasteiger partial charge in [-0.2, -0.15) is 0 Å². The van der Waals surface area contributed by atoms with Crippen molar-refractivity contribution in [2.24, 2.45) is 5.92 Å². The monoisotopic (exact) mass is 387 g/mol. The first-order chi connectivity index (χ1) is 13.3. The molecule has 28 heavy (non-hydrogen) atoms. The number of carboxylic acids is 1. The van der Waals surface area contributed by atoms with Crippen LogP contribution in [-0.4, -0.2) is 72.3 Å². The molecule has 1 saturated heterocycles. The van der Waals surface area contributed by atoms with Crippen molar-refractivity contribution in [3.63, 3.8) is 0 Å². The Morgan fingerprint density at radius 2 is 2.00 bits per heavy atom. The van der Waals surface area contributed by atoms with Gasteiger partial charge in [0, 0.05) is 44.9 Å². The fourth-order valence-electron chi connectivity index (χ4n) is 3.79. The summed E-state index contributed by atoms with van der Waals surface area (Å²) in [6.07, 6.45) is 2.22. The summed E-state index contributed by atoms with van der Waals surface area (Å²) >= 11 is 0. The number of likely N-dealkylation sites (N-methyl/N-ethyl adjacent to an activating group) is 1. The van der Waals surface area contributed by atoms with E-state index in [-0.39, 0.29) is 30.8 Å². The lowest BCUT2D eigenvalue weighted by molar-refractivity contribution is -0.145. The number of rotatable bonds is 4. The quantitative estimate of drug-likeness (QED) is 0.831. The summed E-state index contributed by atoms with van der Waals surface area (Å²) in [7, 11) is 3.28. The fraction of sp³-hybridized carbons (Fsp3) is 0.500. The first-order valence-electron chi connectivity index (χ1n) is 9.43. The molecule has 8 heteroatoms. The highest BCUT2D eigenvalue weighted by atomic mass is 16.4. The maximum atomic E-state index is 12.7. The zero-order chi connectivity index (χ0) is 20.4. The third kappa shape index (κ3) is 4.00. The first-order valence-corrected chi connectivity index (χ1v) is 9.43. The number of piperidine rings is 1. The second-order valence-electron chi connectivity index (χ2n) is 7.47. The van der Waals surface area contributed by atoms with Gasteiger partial charge in [0.25, 0.3) is 5.91 Å². The molecule has 1 N–H and O–H groups in total. The van der Waals surface area contributed by atoms with E-state index in [0.717, 1.165) is 11.3 Å². The number of nitrogens with zero attached hydrogens (tertiary/aromatic N) is 3. The normalized spacial score (nSPS) is 19.2. The Hall–Kier alpha value is -2.90. The van der Waals surface area contributed by atoms with E-state index in [9.17, 15) is 19.2 Å². The average Bonchev–Trinajstić information content (AvgIpc) is 2.70. The topological polar surface area (TPSA) is 98.2 Å². The number of likely N-dealkylation sites (tertiary alicyclic amines) is 1. The van der Waals surface area contributed by atoms with Gasteiger partial charge in [0.05, 0.1) is 12.5 Å². The lowest BCUT2D eigenvalue weighted by atomic mass is 9.98. The molecule has 8 nitrogen and oxygen atoms in total. The van der Waals surface area contributed by atoms with Crippen molar-refractivity contribution in [1.29, 1.82) is 0 Å². The predicted octanol–water partition coefficient (Wildman–Crippen LogP) is 0.991. The van der Waals surface area contributed by atoms with Gasteiger partial charge < -0.3 is 19.8 Å². The van der Waals surface area contributed by atoms with E-state index >= 15 is 0 Å². The summed E-state index contributed by atoms with van der Waals surface area (Å²) in [5.41, 5.74) is 2.21. The first kappa shape index (κ1) is 19.9. The third-order valence-corrected chi connectivity index (χ3v) is 5.51. The van der Waals surface area contributed by atoms with Crippen LogP contribution in [0.2, 0.25) is 0 Å². The molecule has 0 spiro atoms. The average molecular weight is 387 g/mol. The summed E-state index contributed by atoms with van der Waals surface area (Å²) in [6.45, 7) is 0.611. The Kier molecular flexibility index (Phi) is 5.67. The van der Waals surface area contributed by atoms with Crippen LogP contribution >= 0.6 is 0 Å². The molecule has 1 atom stereocenters. The molecule has 3 rings (SSSR count). The van der Waals surface area contributed by atoms with Crippen LogP contribution in [0.15, 0.2) is 18.2 Å². The van der Waals surface area contributed by atoms with Crippen LogP contribution in [0, 0.1) is 5.92 Å². The van der Waals surface area contributed by atoms with Crippen LogP contribution in [0.25, 0.3) is 0 Å². The number of hydrogen-bond acceptors (Lipinski definition) is 4. The molecule has 2 heterocycles. The molecule has 0 radical (unpaired) electrons. The van der Waals surface area contributed by atoms with Crippen LogP contribution in [0.3, 0.4) is 0 Å². The summed E-state index contributed by atoms with van der Waals surface area (Å²) in [5, 5.41) is 9.16. The van der Waals surface area contributed by atoms with Crippen molar-refractivity contribution in [3.05, 3.63) is 29.3 Å². The highest BCUT2D eigenvalue weighted by molar-refractivity contribution is 5.99. The largest absolute Gasteiger partial charge is 0.481 e. The number of benzene rings is 1. The Morgan fingerprint density at radius 1 is 1.25 bits per heavy atom. The van der Waals surface area contributed by atoms with Crippen molar-refractivity contribution in [2.75, 3.05) is 38.6 Å². The maximum Gasteiger partial charge on any atom is 0.308 e. The molecular weight excluding hydrogens is 362 g/mol. The Labute approximate surface area is 163 Å². The highest BCUT2D eigenvalue weighted by Gasteiger charge is 2.29. The smallest absolute Gasteiger partial charge is 0.308 e. The number of aryl methyl sites for hydroxylation is 1. The second kappa shape index (κ2) is 8.00. The molecular formula is C20H25N3O5. The van der Waals surface area contributed by atoms with Crippen LogP contribution in [0.5, 0.6) is 0 Å². The lowest BCUT2D eigenvalue weighted by Gasteiger charge is -2.32. The second-order valence-corrected chi connectivity index (χ2v) is 7.47. The van der Waals surface area contributed by atoms with Gasteiger partial charge in [-0.25, -0.2) is 0 Å². The van der Waals surface area contributed by atoms with Crippen LogP contribution in [0.1, 0.15) is 35.2 Å². The van der Waals surface area contributed by atoms with Crippen molar-refractivity contribution >= 4 is 29.4 Å². The number of aliphatic carboxylic acids is 1. The Morgan fingerprint density at radius 3 is 2.71 bits per heavy atom. The van der Waals surface area contributed by atoms with Crippen molar-refractivity contribution in [2.45, 2.75) is 25.7 Å². The van der Waals surface area contributed by atoms with Crippen molar-refractivity contribution < 1.29 is 24.3 Å². The van der Waals surface area contributed by atoms with E-state index in [2.05, 4.69) is 0 Å². The molecule has 1 aromatic rings. The predicted molar refractivity (Wildman–Crippen MR) is 102 cm³/mol. The van der Waals surface area contributed by atoms with E-state index in [1.165, 1.54) is 9.80 Å². The SMILES string of the molecule is CN(CC(=O)N1CCCC(C(=O)O)C1)C(=O)c1ccc2c(c1)CCC(=O)N2C. The van der Waals surface area contributed by atoms with Gasteiger partial charge in [-0.15, -0.1) is 0 Å². The standard InChI is InChI=1S/C20H25N3O5/c1-21(12-18(25)23-9-3-4-15(11-23)20(27)28)19(26)14-5-7-16-13(10-14)6-8-17(24)22(16)2/h5,7,10,15H,3-4,6,8-9,11-12H2,1-2H3,(H,27,28). The molecule has 1 aromatic carbocycles. The van der Waals surface area contributed by atoms with Gasteiger partial charge in [0.2, 0.25) is 11.8 Å². The summed E-state index contributed by atoms with van der Waals surface area (Å²) in [5.74, 6) is -1.90. The van der Waals surface area contributed by atoms with Gasteiger partial charge in [0.1, 0.15) is 0 Å². The zero-order valence-electron chi connectivity index (χ0n) is 16.2. The molecule has 1 fully saturated rings. The molecule has 0 saturated carbocycles. The fourth-order valence-corrected chi connectivity index (χ4v) is 3.79. The van der Waals surface area contributed by atoms with E-state index in [1.54, 1.807) is 37.2 Å². The molecule has 2 aliphatic rings. The number of fused-ring (bicyclic) bond motifs is 1. The Bertz CT molecular complexity index is 822. The molecule has 1 unspecified atom stereocenters. The molecule has 150 valence electrons. The van der Waals surface area contributed by atoms with Gasteiger partial charge in [0.15, 0.2) is 0 Å². The van der Waals surface area contributed by atoms with E-state index in [0.29, 0.717) is 37.8 Å². The minimum Gasteiger partial charge on any atom is -0.481 e. The van der Waals surface area contributed by atoms with E-state index in [4.69, 9.17) is 5.11 Å². The van der Waals surface area contributed by atoms with Crippen LogP contribution in [-0.2, 0) is 20.8 Å². The number of hydrogen-bond donors (Lipinski definition) is 1. The van der Waals surface area contributed by atoms with Gasteiger partial charge >= 0.3 is 5.97 Å². The summed E-state index contributed by atoms with van der Waals surface area (Å²) < 4.78 is 0. The van der Waals surface area contributed by atoms with Crippen LogP contribution in [0.4, 0.5) is 5.69 Å². The summed E-state index contributed by atoms with van der Waals surface area (Å²) in [4.78, 5) is 52.7. The van der Waals surface area contributed by atoms with E-state index < -0.39 is 11.9 Å². The number of carbonyl (C=O) groups excluding carboxylic acids is 3. The van der Waals surface area contributed by atoms with Crippen molar-refractivity contribution in [3.8, 4) is 0 Å². The van der Waals surface area contributed by atoms with Crippen LogP contribution < -0.4 is 4.90 Å². The highest BCUT2D eigenvalue weighted by Crippen LogP contribution is 2.28. The van der Waals surface area contributed by atoms with Gasteiger partial charge in [-0.05, 0) is 43.0 Å². The zero-order valence-corrected chi connectivity index (χ0v) is 16.2. The number of amides is 3. The van der Waals surface area contributed by atoms with Crippen molar-refractivity contribution in [1.82, 2.24) is 9.80 Å². The minimum absolute atomic E-state index is 0.0514. The third-order valence-electron chi connectivity index (χ3n) is 5.51. The Balaban J connectivity index is 1.65. The number of anilines is 1. The number of carboxylic acid groups (broad SMARTS) is 1. The minimum atomic E-state index is -0.889. The molecule has 2 aliphatic heterocycles. The molecule has 0 aromatic heterocycles. The molecule has 3 amide bonds. The molecule has 0 bridgehead atoms. The number of carbonyl (C=O) groups is 4. The van der Waals surface area contributed by atoms with Gasteiger partial charge in [-0.3, -0.25) is 19.2 Å². The lowest BCUT2D eigenvalue weighted by Crippen LogP contribution is -2.46. The molecule has 0 aliphatic carbocycles. The van der Waals surface area contributed by atoms with Gasteiger partial charge in [-0.1, -0.05) is 0 Å². The summed E-state index contributed by atoms with van der Waals surface area (Å²) in [6, 6.07) is 5.21.